The van der Waals surface area contributed by atoms with Crippen LogP contribution in [0.2, 0.25) is 0 Å². The molecule has 0 aromatic carbocycles. The highest BCUT2D eigenvalue weighted by atomic mass is 16.1. The van der Waals surface area contributed by atoms with Crippen molar-refractivity contribution in [2.45, 2.75) is 59.9 Å². The molecular weight excluding hydrogens is 174 g/mol. The zero-order valence-electron chi connectivity index (χ0n) is 10.3. The van der Waals surface area contributed by atoms with Gasteiger partial charge in [-0.05, 0) is 31.6 Å². The first-order chi connectivity index (χ1) is 6.41. The molecule has 1 N–H and O–H groups in total. The summed E-state index contributed by atoms with van der Waals surface area (Å²) in [5.41, 5.74) is 0. The van der Waals surface area contributed by atoms with Crippen molar-refractivity contribution in [3.8, 4) is 0 Å². The Morgan fingerprint density at radius 3 is 2.00 bits per heavy atom. The lowest BCUT2D eigenvalue weighted by atomic mass is 10.0. The zero-order valence-corrected chi connectivity index (χ0v) is 10.3. The molecule has 0 fully saturated rings. The van der Waals surface area contributed by atoms with Gasteiger partial charge in [0.05, 0.1) is 0 Å². The van der Waals surface area contributed by atoms with E-state index in [-0.39, 0.29) is 5.91 Å². The Kier molecular flexibility index (Phi) is 6.60. The third-order valence-corrected chi connectivity index (χ3v) is 2.18. The fourth-order valence-electron chi connectivity index (χ4n) is 1.36. The van der Waals surface area contributed by atoms with Crippen molar-refractivity contribution < 1.29 is 4.79 Å². The van der Waals surface area contributed by atoms with Crippen molar-refractivity contribution in [1.29, 1.82) is 0 Å². The Hall–Kier alpha value is -0.530. The van der Waals surface area contributed by atoms with Crippen LogP contribution in [0.3, 0.4) is 0 Å². The molecule has 0 aromatic heterocycles. The number of hydrogen-bond acceptors (Lipinski definition) is 1. The van der Waals surface area contributed by atoms with E-state index in [1.807, 2.05) is 0 Å². The molecule has 0 aliphatic heterocycles. The molecule has 14 heavy (non-hydrogen) atoms. The molecule has 0 radical (unpaired) electrons. The molecule has 0 aliphatic rings. The average Bonchev–Trinajstić information content (AvgIpc) is 1.98. The van der Waals surface area contributed by atoms with Gasteiger partial charge in [0, 0.05) is 12.5 Å². The monoisotopic (exact) mass is 199 g/mol. The van der Waals surface area contributed by atoms with Gasteiger partial charge in [0.2, 0.25) is 5.91 Å². The van der Waals surface area contributed by atoms with Crippen molar-refractivity contribution in [1.82, 2.24) is 5.32 Å². The smallest absolute Gasteiger partial charge is 0.220 e. The van der Waals surface area contributed by atoms with Gasteiger partial charge in [-0.25, -0.2) is 0 Å². The van der Waals surface area contributed by atoms with Crippen LogP contribution in [-0.4, -0.2) is 11.9 Å². The molecule has 0 spiro atoms. The lowest BCUT2D eigenvalue weighted by Gasteiger charge is -2.15. The minimum absolute atomic E-state index is 0.191. The van der Waals surface area contributed by atoms with E-state index in [9.17, 15) is 4.79 Å². The summed E-state index contributed by atoms with van der Waals surface area (Å²) < 4.78 is 0. The summed E-state index contributed by atoms with van der Waals surface area (Å²) >= 11 is 0. The van der Waals surface area contributed by atoms with Gasteiger partial charge in [-0.15, -0.1) is 0 Å². The van der Waals surface area contributed by atoms with Crippen LogP contribution in [-0.2, 0) is 4.79 Å². The van der Waals surface area contributed by atoms with Crippen LogP contribution >= 0.6 is 0 Å². The minimum Gasteiger partial charge on any atom is -0.354 e. The fraction of sp³-hybridized carbons (Fsp3) is 0.917. The Bertz CT molecular complexity index is 164. The van der Waals surface area contributed by atoms with Gasteiger partial charge >= 0.3 is 0 Å². The molecule has 0 saturated heterocycles. The quantitative estimate of drug-likeness (QED) is 0.700. The lowest BCUT2D eigenvalue weighted by Crippen LogP contribution is -2.33. The SMILES string of the molecule is CC(C)CCC(C)NC(=O)CC(C)C. The molecule has 84 valence electrons. The molecule has 1 unspecified atom stereocenters. The molecule has 0 rings (SSSR count). The summed E-state index contributed by atoms with van der Waals surface area (Å²) in [6, 6.07) is 0.323. The predicted octanol–water partition coefficient (Wildman–Crippen LogP) is 2.97. The van der Waals surface area contributed by atoms with Gasteiger partial charge in [-0.3, -0.25) is 4.79 Å². The Morgan fingerprint density at radius 1 is 1.00 bits per heavy atom. The predicted molar refractivity (Wildman–Crippen MR) is 61.1 cm³/mol. The van der Waals surface area contributed by atoms with E-state index in [0.29, 0.717) is 18.4 Å². The van der Waals surface area contributed by atoms with Crippen LogP contribution in [0.5, 0.6) is 0 Å². The standard InChI is InChI=1S/C12H25NO/c1-9(2)6-7-11(5)13-12(14)8-10(3)4/h9-11H,6-8H2,1-5H3,(H,13,14). The molecule has 1 atom stereocenters. The maximum Gasteiger partial charge on any atom is 0.220 e. The molecule has 0 bridgehead atoms. The molecule has 0 heterocycles. The molecule has 0 saturated carbocycles. The summed E-state index contributed by atoms with van der Waals surface area (Å²) in [4.78, 5) is 11.4. The van der Waals surface area contributed by atoms with Crippen molar-refractivity contribution in [2.75, 3.05) is 0 Å². The highest BCUT2D eigenvalue weighted by Gasteiger charge is 2.09. The van der Waals surface area contributed by atoms with E-state index < -0.39 is 0 Å². The number of rotatable bonds is 6. The van der Waals surface area contributed by atoms with E-state index in [0.717, 1.165) is 12.3 Å². The second kappa shape index (κ2) is 6.86. The molecule has 0 aromatic rings. The van der Waals surface area contributed by atoms with E-state index in [2.05, 4.69) is 39.9 Å². The largest absolute Gasteiger partial charge is 0.354 e. The van der Waals surface area contributed by atoms with Crippen LogP contribution < -0.4 is 5.32 Å². The Balaban J connectivity index is 3.60. The zero-order chi connectivity index (χ0) is 11.1. The average molecular weight is 199 g/mol. The maximum absolute atomic E-state index is 11.4. The van der Waals surface area contributed by atoms with Crippen molar-refractivity contribution in [3.63, 3.8) is 0 Å². The van der Waals surface area contributed by atoms with Crippen LogP contribution in [0, 0.1) is 11.8 Å². The third-order valence-electron chi connectivity index (χ3n) is 2.18. The van der Waals surface area contributed by atoms with Crippen LogP contribution in [0.1, 0.15) is 53.9 Å². The molecule has 0 aliphatic carbocycles. The van der Waals surface area contributed by atoms with Gasteiger partial charge in [-0.1, -0.05) is 27.7 Å². The van der Waals surface area contributed by atoms with E-state index in [1.54, 1.807) is 0 Å². The second-order valence-electron chi connectivity index (χ2n) is 5.04. The fourth-order valence-corrected chi connectivity index (χ4v) is 1.36. The van der Waals surface area contributed by atoms with Gasteiger partial charge in [0.15, 0.2) is 0 Å². The summed E-state index contributed by atoms with van der Waals surface area (Å²) in [5, 5.41) is 3.03. The van der Waals surface area contributed by atoms with Crippen molar-refractivity contribution >= 4 is 5.91 Å². The van der Waals surface area contributed by atoms with Gasteiger partial charge < -0.3 is 5.32 Å². The first-order valence-corrected chi connectivity index (χ1v) is 5.71. The molecule has 2 nitrogen and oxygen atoms in total. The first kappa shape index (κ1) is 13.5. The molecule has 2 heteroatoms. The Morgan fingerprint density at radius 2 is 1.57 bits per heavy atom. The Labute approximate surface area is 88.5 Å². The van der Waals surface area contributed by atoms with Gasteiger partial charge in [-0.2, -0.15) is 0 Å². The topological polar surface area (TPSA) is 29.1 Å². The molecular formula is C12H25NO. The number of hydrogen-bond donors (Lipinski definition) is 1. The maximum atomic E-state index is 11.4. The van der Waals surface area contributed by atoms with E-state index in [4.69, 9.17) is 0 Å². The van der Waals surface area contributed by atoms with Crippen LogP contribution in [0.25, 0.3) is 0 Å². The van der Waals surface area contributed by atoms with Crippen LogP contribution in [0.4, 0.5) is 0 Å². The number of amides is 1. The molecule has 1 amide bonds. The summed E-state index contributed by atoms with van der Waals surface area (Å²) in [6.45, 7) is 10.6. The summed E-state index contributed by atoms with van der Waals surface area (Å²) in [7, 11) is 0. The highest BCUT2D eigenvalue weighted by molar-refractivity contribution is 5.76. The van der Waals surface area contributed by atoms with E-state index in [1.165, 1.54) is 6.42 Å². The van der Waals surface area contributed by atoms with E-state index >= 15 is 0 Å². The second-order valence-corrected chi connectivity index (χ2v) is 5.04. The number of carbonyl (C=O) groups excluding carboxylic acids is 1. The highest BCUT2D eigenvalue weighted by Crippen LogP contribution is 2.07. The van der Waals surface area contributed by atoms with Crippen LogP contribution in [0.15, 0.2) is 0 Å². The van der Waals surface area contributed by atoms with Crippen molar-refractivity contribution in [2.24, 2.45) is 11.8 Å². The lowest BCUT2D eigenvalue weighted by molar-refractivity contribution is -0.122. The number of nitrogens with one attached hydrogen (secondary N) is 1. The van der Waals surface area contributed by atoms with Gasteiger partial charge in [0.1, 0.15) is 0 Å². The minimum atomic E-state index is 0.191. The first-order valence-electron chi connectivity index (χ1n) is 5.71. The number of carbonyl (C=O) groups is 1. The summed E-state index contributed by atoms with van der Waals surface area (Å²) in [6.07, 6.45) is 2.91. The summed E-state index contributed by atoms with van der Waals surface area (Å²) in [5.74, 6) is 1.36. The third kappa shape index (κ3) is 8.09. The van der Waals surface area contributed by atoms with Crippen molar-refractivity contribution in [3.05, 3.63) is 0 Å². The normalized spacial score (nSPS) is 13.4. The van der Waals surface area contributed by atoms with Gasteiger partial charge in [0.25, 0.3) is 0 Å².